The smallest absolute Gasteiger partial charge is 0.246 e. The van der Waals surface area contributed by atoms with Crippen LogP contribution < -0.4 is 0 Å². The Morgan fingerprint density at radius 2 is 1.60 bits per heavy atom. The fourth-order valence-electron chi connectivity index (χ4n) is 3.43. The minimum atomic E-state index is -3.02. The van der Waals surface area contributed by atoms with E-state index in [9.17, 15) is 13.2 Å². The average molecular weight is 422 g/mol. The van der Waals surface area contributed by atoms with Gasteiger partial charge in [0.2, 0.25) is 5.91 Å². The Balaban J connectivity index is 1.58. The van der Waals surface area contributed by atoms with E-state index < -0.39 is 9.84 Å². The lowest BCUT2D eigenvalue weighted by atomic mass is 10.1. The van der Waals surface area contributed by atoms with Gasteiger partial charge in [-0.2, -0.15) is 5.10 Å². The van der Waals surface area contributed by atoms with Gasteiger partial charge in [-0.05, 0) is 11.6 Å². The van der Waals surface area contributed by atoms with Gasteiger partial charge < -0.3 is 4.90 Å². The van der Waals surface area contributed by atoms with Crippen LogP contribution in [-0.4, -0.2) is 53.6 Å². The first kappa shape index (κ1) is 20.1. The van der Waals surface area contributed by atoms with Crippen LogP contribution in [0.3, 0.4) is 0 Å². The number of rotatable bonds is 5. The van der Waals surface area contributed by atoms with Crippen LogP contribution >= 0.6 is 0 Å². The van der Waals surface area contributed by atoms with Crippen molar-refractivity contribution in [2.75, 3.05) is 24.6 Å². The molecule has 0 saturated carbocycles. The molecule has 7 heteroatoms. The molecule has 0 spiro atoms. The first-order valence-electron chi connectivity index (χ1n) is 9.84. The first-order valence-corrected chi connectivity index (χ1v) is 11.7. The van der Waals surface area contributed by atoms with Crippen LogP contribution in [0.15, 0.2) is 72.9 Å². The number of nitrogens with zero attached hydrogens (tertiary/aromatic N) is 3. The molecule has 4 rings (SSSR count). The van der Waals surface area contributed by atoms with E-state index in [1.807, 2.05) is 71.5 Å². The lowest BCUT2D eigenvalue weighted by Crippen LogP contribution is -2.43. The van der Waals surface area contributed by atoms with Gasteiger partial charge in [-0.25, -0.2) is 8.42 Å². The van der Waals surface area contributed by atoms with Crippen molar-refractivity contribution in [2.24, 2.45) is 0 Å². The summed E-state index contributed by atoms with van der Waals surface area (Å²) < 4.78 is 25.0. The van der Waals surface area contributed by atoms with E-state index >= 15 is 0 Å². The number of amides is 1. The highest BCUT2D eigenvalue weighted by atomic mass is 32.2. The van der Waals surface area contributed by atoms with Gasteiger partial charge in [-0.1, -0.05) is 60.7 Å². The third-order valence-corrected chi connectivity index (χ3v) is 6.70. The van der Waals surface area contributed by atoms with Crippen molar-refractivity contribution in [3.05, 3.63) is 84.1 Å². The van der Waals surface area contributed by atoms with Gasteiger partial charge in [0.05, 0.1) is 23.7 Å². The normalized spacial score (nSPS) is 16.1. The molecule has 1 amide bonds. The van der Waals surface area contributed by atoms with Crippen LogP contribution in [0, 0.1) is 0 Å². The molecular weight excluding hydrogens is 398 g/mol. The molecule has 0 N–H and O–H groups in total. The molecule has 1 fully saturated rings. The third-order valence-electron chi connectivity index (χ3n) is 5.09. The summed E-state index contributed by atoms with van der Waals surface area (Å²) in [7, 11) is -3.02. The van der Waals surface area contributed by atoms with Gasteiger partial charge in [0, 0.05) is 36.5 Å². The zero-order valence-electron chi connectivity index (χ0n) is 16.5. The Bertz CT molecular complexity index is 1140. The van der Waals surface area contributed by atoms with Gasteiger partial charge in [0.1, 0.15) is 0 Å². The quantitative estimate of drug-likeness (QED) is 0.594. The monoisotopic (exact) mass is 421 g/mol. The maximum Gasteiger partial charge on any atom is 0.246 e. The maximum absolute atomic E-state index is 12.5. The molecular formula is C23H23N3O3S. The molecule has 0 aliphatic carbocycles. The Morgan fingerprint density at radius 3 is 2.27 bits per heavy atom. The summed E-state index contributed by atoms with van der Waals surface area (Å²) in [6.45, 7) is 1.11. The van der Waals surface area contributed by atoms with Crippen molar-refractivity contribution in [1.82, 2.24) is 14.7 Å². The number of aromatic nitrogens is 2. The van der Waals surface area contributed by atoms with E-state index in [0.29, 0.717) is 6.54 Å². The van der Waals surface area contributed by atoms with E-state index in [4.69, 9.17) is 5.10 Å². The highest BCUT2D eigenvalue weighted by Crippen LogP contribution is 2.23. The summed E-state index contributed by atoms with van der Waals surface area (Å²) in [4.78, 5) is 14.1. The van der Waals surface area contributed by atoms with E-state index in [0.717, 1.165) is 22.4 Å². The van der Waals surface area contributed by atoms with Crippen LogP contribution in [-0.2, 0) is 21.2 Å². The molecule has 154 valence electrons. The second kappa shape index (κ2) is 8.67. The standard InChI is InChI=1S/C23H23N3O3S/c27-22(25-13-15-30(28,29)16-14-25)12-11-21-18-26(17-19-7-3-1-4-8-19)24-23(21)20-9-5-2-6-10-20/h1-12,18H,13-17H2/b12-11+. The number of carbonyl (C=O) groups excluding carboxylic acids is 1. The average Bonchev–Trinajstić information content (AvgIpc) is 3.16. The number of carbonyl (C=O) groups is 1. The largest absolute Gasteiger partial charge is 0.337 e. The van der Waals surface area contributed by atoms with Gasteiger partial charge in [0.25, 0.3) is 0 Å². The summed E-state index contributed by atoms with van der Waals surface area (Å²) in [5, 5.41) is 4.75. The Hall–Kier alpha value is -3.19. The number of hydrogen-bond acceptors (Lipinski definition) is 4. The fourth-order valence-corrected chi connectivity index (χ4v) is 4.63. The predicted octanol–water partition coefficient (Wildman–Crippen LogP) is 2.87. The molecule has 0 unspecified atom stereocenters. The molecule has 0 bridgehead atoms. The predicted molar refractivity (Wildman–Crippen MR) is 117 cm³/mol. The Kier molecular flexibility index (Phi) is 5.81. The van der Waals surface area contributed by atoms with Crippen molar-refractivity contribution in [3.63, 3.8) is 0 Å². The maximum atomic E-state index is 12.5. The Labute approximate surface area is 176 Å². The van der Waals surface area contributed by atoms with Crippen molar-refractivity contribution in [3.8, 4) is 11.3 Å². The van der Waals surface area contributed by atoms with Crippen molar-refractivity contribution in [2.45, 2.75) is 6.54 Å². The fraction of sp³-hybridized carbons (Fsp3) is 0.217. The van der Waals surface area contributed by atoms with Gasteiger partial charge in [-0.3, -0.25) is 9.48 Å². The minimum absolute atomic E-state index is 0.0247. The molecule has 6 nitrogen and oxygen atoms in total. The summed E-state index contributed by atoms with van der Waals surface area (Å²) in [6, 6.07) is 19.9. The van der Waals surface area contributed by atoms with Crippen LogP contribution in [0.2, 0.25) is 0 Å². The number of hydrogen-bond donors (Lipinski definition) is 0. The number of benzene rings is 2. The third kappa shape index (κ3) is 4.86. The van der Waals surface area contributed by atoms with E-state index in [2.05, 4.69) is 0 Å². The second-order valence-corrected chi connectivity index (χ2v) is 9.60. The molecule has 0 atom stereocenters. The molecule has 0 radical (unpaired) electrons. The summed E-state index contributed by atoms with van der Waals surface area (Å²) in [6.07, 6.45) is 5.20. The minimum Gasteiger partial charge on any atom is -0.337 e. The SMILES string of the molecule is O=C(/C=C/c1cn(Cc2ccccc2)nc1-c1ccccc1)N1CCS(=O)(=O)CC1. The number of sulfone groups is 1. The van der Waals surface area contributed by atoms with E-state index in [1.165, 1.54) is 6.08 Å². The van der Waals surface area contributed by atoms with Crippen molar-refractivity contribution >= 4 is 21.8 Å². The zero-order valence-corrected chi connectivity index (χ0v) is 17.3. The molecule has 2 heterocycles. The zero-order chi connectivity index (χ0) is 21.0. The van der Waals surface area contributed by atoms with Crippen molar-refractivity contribution in [1.29, 1.82) is 0 Å². The van der Waals surface area contributed by atoms with Crippen LogP contribution in [0.4, 0.5) is 0 Å². The van der Waals surface area contributed by atoms with Gasteiger partial charge >= 0.3 is 0 Å². The second-order valence-electron chi connectivity index (χ2n) is 7.29. The molecule has 1 aromatic heterocycles. The van der Waals surface area contributed by atoms with Crippen LogP contribution in [0.5, 0.6) is 0 Å². The van der Waals surface area contributed by atoms with Crippen LogP contribution in [0.1, 0.15) is 11.1 Å². The molecule has 2 aromatic carbocycles. The first-order chi connectivity index (χ1) is 14.5. The van der Waals surface area contributed by atoms with Crippen molar-refractivity contribution < 1.29 is 13.2 Å². The highest BCUT2D eigenvalue weighted by molar-refractivity contribution is 7.91. The van der Waals surface area contributed by atoms with Gasteiger partial charge in [-0.15, -0.1) is 0 Å². The molecule has 1 saturated heterocycles. The van der Waals surface area contributed by atoms with Gasteiger partial charge in [0.15, 0.2) is 9.84 Å². The Morgan fingerprint density at radius 1 is 0.967 bits per heavy atom. The summed E-state index contributed by atoms with van der Waals surface area (Å²) in [5.41, 5.74) is 3.76. The highest BCUT2D eigenvalue weighted by Gasteiger charge is 2.23. The molecule has 30 heavy (non-hydrogen) atoms. The molecule has 3 aromatic rings. The van der Waals surface area contributed by atoms with E-state index in [-0.39, 0.29) is 30.5 Å². The summed E-state index contributed by atoms with van der Waals surface area (Å²) in [5.74, 6) is -0.132. The lowest BCUT2D eigenvalue weighted by molar-refractivity contribution is -0.125. The van der Waals surface area contributed by atoms with E-state index in [1.54, 1.807) is 11.0 Å². The molecule has 1 aliphatic heterocycles. The van der Waals surface area contributed by atoms with Crippen LogP contribution in [0.25, 0.3) is 17.3 Å². The summed E-state index contributed by atoms with van der Waals surface area (Å²) >= 11 is 0. The molecule has 1 aliphatic rings. The lowest BCUT2D eigenvalue weighted by Gasteiger charge is -2.25. The topological polar surface area (TPSA) is 72.3 Å².